The lowest BCUT2D eigenvalue weighted by Crippen LogP contribution is -1.97. The topological polar surface area (TPSA) is 17.8 Å². The van der Waals surface area contributed by atoms with Crippen LogP contribution in [0.15, 0.2) is 30.6 Å². The molecule has 1 aromatic carbocycles. The summed E-state index contributed by atoms with van der Waals surface area (Å²) in [5.41, 5.74) is 3.26. The van der Waals surface area contributed by atoms with Crippen molar-refractivity contribution in [1.82, 2.24) is 9.78 Å². The number of benzene rings is 1. The largest absolute Gasteiger partial charge is 0.239 e. The van der Waals surface area contributed by atoms with E-state index in [4.69, 9.17) is 23.2 Å². The molecular weight excluding hydrogens is 231 g/mol. The van der Waals surface area contributed by atoms with Crippen molar-refractivity contribution in [3.05, 3.63) is 46.7 Å². The molecule has 15 heavy (non-hydrogen) atoms. The molecule has 0 radical (unpaired) electrons. The Bertz CT molecular complexity index is 477. The quantitative estimate of drug-likeness (QED) is 0.735. The zero-order valence-electron chi connectivity index (χ0n) is 8.24. The van der Waals surface area contributed by atoms with Crippen molar-refractivity contribution >= 4 is 23.2 Å². The summed E-state index contributed by atoms with van der Waals surface area (Å²) in [5, 5.41) is 4.79. The third kappa shape index (κ3) is 2.16. The van der Waals surface area contributed by atoms with E-state index in [-0.39, 0.29) is 0 Å². The highest BCUT2D eigenvalue weighted by Gasteiger charge is 2.03. The van der Waals surface area contributed by atoms with Crippen LogP contribution in [-0.2, 0) is 5.88 Å². The molecule has 0 unspecified atom stereocenters. The summed E-state index contributed by atoms with van der Waals surface area (Å²) in [4.78, 5) is 0. The molecule has 0 saturated carbocycles. The number of aryl methyl sites for hydroxylation is 1. The monoisotopic (exact) mass is 240 g/mol. The Kier molecular flexibility index (Phi) is 2.98. The molecular formula is C11H10Cl2N2. The van der Waals surface area contributed by atoms with E-state index in [2.05, 4.69) is 11.2 Å². The molecule has 1 aromatic heterocycles. The smallest absolute Gasteiger partial charge is 0.0790 e. The zero-order chi connectivity index (χ0) is 10.8. The second-order valence-corrected chi connectivity index (χ2v) is 4.06. The standard InChI is InChI=1S/C11H10Cl2N2/c1-8-4-9(5-12)2-3-11(8)15-7-10(13)6-14-15/h2-4,6-7H,5H2,1H3. The number of nitrogens with zero attached hydrogens (tertiary/aromatic N) is 2. The van der Waals surface area contributed by atoms with Gasteiger partial charge in [0.15, 0.2) is 0 Å². The molecule has 1 heterocycles. The van der Waals surface area contributed by atoms with E-state index in [1.165, 1.54) is 0 Å². The van der Waals surface area contributed by atoms with Crippen LogP contribution in [0.2, 0.25) is 5.02 Å². The highest BCUT2D eigenvalue weighted by atomic mass is 35.5. The minimum atomic E-state index is 0.529. The fourth-order valence-corrected chi connectivity index (χ4v) is 1.79. The first-order valence-corrected chi connectivity index (χ1v) is 5.48. The first-order valence-electron chi connectivity index (χ1n) is 4.57. The Morgan fingerprint density at radius 3 is 2.73 bits per heavy atom. The van der Waals surface area contributed by atoms with E-state index in [1.807, 2.05) is 19.1 Å². The van der Waals surface area contributed by atoms with Crippen molar-refractivity contribution in [1.29, 1.82) is 0 Å². The second-order valence-electron chi connectivity index (χ2n) is 3.36. The maximum absolute atomic E-state index is 5.82. The molecule has 0 aliphatic heterocycles. The van der Waals surface area contributed by atoms with Crippen LogP contribution in [0.4, 0.5) is 0 Å². The molecule has 2 rings (SSSR count). The zero-order valence-corrected chi connectivity index (χ0v) is 9.76. The van der Waals surface area contributed by atoms with Crippen LogP contribution in [0.25, 0.3) is 5.69 Å². The Balaban J connectivity index is 2.45. The van der Waals surface area contributed by atoms with Gasteiger partial charge in [-0.3, -0.25) is 0 Å². The molecule has 4 heteroatoms. The third-order valence-corrected chi connectivity index (χ3v) is 2.72. The minimum absolute atomic E-state index is 0.529. The first kappa shape index (κ1) is 10.5. The van der Waals surface area contributed by atoms with E-state index in [9.17, 15) is 0 Å². The molecule has 0 fully saturated rings. The van der Waals surface area contributed by atoms with Crippen molar-refractivity contribution in [2.24, 2.45) is 0 Å². The summed E-state index contributed by atoms with van der Waals surface area (Å²) in [6.45, 7) is 2.03. The molecule has 0 atom stereocenters. The summed E-state index contributed by atoms with van der Waals surface area (Å²) < 4.78 is 1.76. The van der Waals surface area contributed by atoms with Gasteiger partial charge in [-0.1, -0.05) is 23.7 Å². The minimum Gasteiger partial charge on any atom is -0.239 e. The molecule has 0 bridgehead atoms. The number of halogens is 2. The fourth-order valence-electron chi connectivity index (χ4n) is 1.49. The van der Waals surface area contributed by atoms with Crippen molar-refractivity contribution < 1.29 is 0 Å². The average molecular weight is 241 g/mol. The third-order valence-electron chi connectivity index (χ3n) is 2.21. The Labute approximate surface area is 98.4 Å². The second kappa shape index (κ2) is 4.25. The molecule has 0 amide bonds. The SMILES string of the molecule is Cc1cc(CCl)ccc1-n1cc(Cl)cn1. The van der Waals surface area contributed by atoms with E-state index in [1.54, 1.807) is 17.1 Å². The number of hydrogen-bond acceptors (Lipinski definition) is 1. The van der Waals surface area contributed by atoms with E-state index in [0.29, 0.717) is 10.9 Å². The van der Waals surface area contributed by atoms with Crippen molar-refractivity contribution in [2.75, 3.05) is 0 Å². The van der Waals surface area contributed by atoms with Crippen molar-refractivity contribution in [2.45, 2.75) is 12.8 Å². The summed E-state index contributed by atoms with van der Waals surface area (Å²) in [6, 6.07) is 6.04. The van der Waals surface area contributed by atoms with Crippen molar-refractivity contribution in [3.8, 4) is 5.69 Å². The molecule has 2 nitrogen and oxygen atoms in total. The van der Waals surface area contributed by atoms with Crippen LogP contribution >= 0.6 is 23.2 Å². The van der Waals surface area contributed by atoms with Gasteiger partial charge in [-0.2, -0.15) is 5.10 Å². The Hall–Kier alpha value is -0.990. The number of aromatic nitrogens is 2. The van der Waals surface area contributed by atoms with Crippen LogP contribution < -0.4 is 0 Å². The van der Waals surface area contributed by atoms with Gasteiger partial charge in [0.05, 0.1) is 16.9 Å². The summed E-state index contributed by atoms with van der Waals surface area (Å²) in [6.07, 6.45) is 3.40. The van der Waals surface area contributed by atoms with Gasteiger partial charge in [-0.05, 0) is 24.1 Å². The lowest BCUT2D eigenvalue weighted by molar-refractivity contribution is 0.872. The molecule has 0 saturated heterocycles. The number of rotatable bonds is 2. The normalized spacial score (nSPS) is 10.6. The Morgan fingerprint density at radius 1 is 1.40 bits per heavy atom. The molecule has 0 spiro atoms. The predicted molar refractivity (Wildman–Crippen MR) is 62.9 cm³/mol. The van der Waals surface area contributed by atoms with Crippen LogP contribution in [0.1, 0.15) is 11.1 Å². The van der Waals surface area contributed by atoms with Gasteiger partial charge in [0, 0.05) is 12.1 Å². The van der Waals surface area contributed by atoms with Gasteiger partial charge < -0.3 is 0 Å². The van der Waals surface area contributed by atoms with E-state index < -0.39 is 0 Å². The van der Waals surface area contributed by atoms with Gasteiger partial charge in [0.25, 0.3) is 0 Å². The highest BCUT2D eigenvalue weighted by Crippen LogP contribution is 2.18. The molecule has 78 valence electrons. The van der Waals surface area contributed by atoms with Crippen molar-refractivity contribution in [3.63, 3.8) is 0 Å². The maximum atomic E-state index is 5.82. The van der Waals surface area contributed by atoms with Crippen LogP contribution in [0.3, 0.4) is 0 Å². The summed E-state index contributed by atoms with van der Waals surface area (Å²) >= 11 is 11.6. The molecule has 0 aliphatic carbocycles. The molecule has 2 aromatic rings. The number of alkyl halides is 1. The number of hydrogen-bond donors (Lipinski definition) is 0. The lowest BCUT2D eigenvalue weighted by Gasteiger charge is -2.06. The van der Waals surface area contributed by atoms with Crippen LogP contribution in [-0.4, -0.2) is 9.78 Å². The highest BCUT2D eigenvalue weighted by molar-refractivity contribution is 6.30. The molecule has 0 aliphatic rings. The average Bonchev–Trinajstić information content (AvgIpc) is 2.64. The van der Waals surface area contributed by atoms with Gasteiger partial charge in [0.2, 0.25) is 0 Å². The van der Waals surface area contributed by atoms with Crippen LogP contribution in [0, 0.1) is 6.92 Å². The van der Waals surface area contributed by atoms with Gasteiger partial charge in [-0.25, -0.2) is 4.68 Å². The predicted octanol–water partition coefficient (Wildman–Crippen LogP) is 3.57. The molecule has 0 N–H and O–H groups in total. The fraction of sp³-hybridized carbons (Fsp3) is 0.182. The maximum Gasteiger partial charge on any atom is 0.0790 e. The van der Waals surface area contributed by atoms with Gasteiger partial charge >= 0.3 is 0 Å². The van der Waals surface area contributed by atoms with E-state index in [0.717, 1.165) is 16.8 Å². The summed E-state index contributed by atoms with van der Waals surface area (Å²) in [7, 11) is 0. The first-order chi connectivity index (χ1) is 7.20. The van der Waals surface area contributed by atoms with Gasteiger partial charge in [-0.15, -0.1) is 11.6 Å². The Morgan fingerprint density at radius 2 is 2.20 bits per heavy atom. The van der Waals surface area contributed by atoms with Crippen LogP contribution in [0.5, 0.6) is 0 Å². The lowest BCUT2D eigenvalue weighted by atomic mass is 10.1. The van der Waals surface area contributed by atoms with E-state index >= 15 is 0 Å². The summed E-state index contributed by atoms with van der Waals surface area (Å²) in [5.74, 6) is 0.529. The van der Waals surface area contributed by atoms with Gasteiger partial charge in [0.1, 0.15) is 0 Å².